The molecule has 0 bridgehead atoms. The predicted octanol–water partition coefficient (Wildman–Crippen LogP) is -0.618. The van der Waals surface area contributed by atoms with Crippen LogP contribution in [0, 0.1) is 0 Å². The van der Waals surface area contributed by atoms with Crippen LogP contribution in [0.4, 0.5) is 5.95 Å². The minimum atomic E-state index is -0.466. The van der Waals surface area contributed by atoms with Crippen LogP contribution in [-0.4, -0.2) is 29.5 Å². The lowest BCUT2D eigenvalue weighted by Gasteiger charge is -2.02. The summed E-state index contributed by atoms with van der Waals surface area (Å²) in [5.41, 5.74) is 4.92. The van der Waals surface area contributed by atoms with Gasteiger partial charge in [-0.1, -0.05) is 0 Å². The summed E-state index contributed by atoms with van der Waals surface area (Å²) >= 11 is 0. The van der Waals surface area contributed by atoms with Crippen molar-refractivity contribution < 1.29 is 9.53 Å². The first-order valence-corrected chi connectivity index (χ1v) is 3.61. The molecule has 70 valence electrons. The molecule has 6 heteroatoms. The second-order valence-electron chi connectivity index (χ2n) is 2.24. The molecule has 1 rings (SSSR count). The van der Waals surface area contributed by atoms with Crippen molar-refractivity contribution in [3.63, 3.8) is 0 Å². The van der Waals surface area contributed by atoms with Gasteiger partial charge in [0.15, 0.2) is 0 Å². The monoisotopic (exact) mass is 182 g/mol. The molecule has 0 spiro atoms. The van der Waals surface area contributed by atoms with E-state index < -0.39 is 5.91 Å². The Hall–Kier alpha value is -1.85. The zero-order chi connectivity index (χ0) is 9.68. The van der Waals surface area contributed by atoms with Gasteiger partial charge in [-0.3, -0.25) is 4.79 Å². The topological polar surface area (TPSA) is 90.1 Å². The lowest BCUT2D eigenvalue weighted by molar-refractivity contribution is -0.116. The smallest absolute Gasteiger partial charge is 0.236 e. The van der Waals surface area contributed by atoms with E-state index in [1.54, 1.807) is 6.07 Å². The van der Waals surface area contributed by atoms with E-state index in [0.717, 1.165) is 0 Å². The zero-order valence-electron chi connectivity index (χ0n) is 7.15. The second-order valence-corrected chi connectivity index (χ2v) is 2.24. The Morgan fingerprint density at radius 2 is 2.54 bits per heavy atom. The Kier molecular flexibility index (Phi) is 3.02. The largest absolute Gasteiger partial charge is 0.481 e. The molecule has 0 fully saturated rings. The molecule has 0 unspecified atom stereocenters. The third kappa shape index (κ3) is 2.94. The summed E-state index contributed by atoms with van der Waals surface area (Å²) in [7, 11) is 1.50. The normalized spacial score (nSPS) is 9.31. The summed E-state index contributed by atoms with van der Waals surface area (Å²) < 4.78 is 4.85. The van der Waals surface area contributed by atoms with Crippen LogP contribution >= 0.6 is 0 Å². The van der Waals surface area contributed by atoms with Gasteiger partial charge in [0.05, 0.1) is 13.7 Å². The number of carbonyl (C=O) groups excluding carboxylic acids is 1. The summed E-state index contributed by atoms with van der Waals surface area (Å²) in [5.74, 6) is 0.284. The van der Waals surface area contributed by atoms with Gasteiger partial charge in [0.25, 0.3) is 0 Å². The molecule has 1 aromatic heterocycles. The summed E-state index contributed by atoms with van der Waals surface area (Å²) in [6, 6.07) is 1.61. The average molecular weight is 182 g/mol. The molecule has 0 saturated heterocycles. The highest BCUT2D eigenvalue weighted by Gasteiger charge is 1.99. The van der Waals surface area contributed by atoms with E-state index in [9.17, 15) is 4.79 Å². The highest BCUT2D eigenvalue weighted by atomic mass is 16.5. The number of nitrogens with two attached hydrogens (primary N) is 1. The lowest BCUT2D eigenvalue weighted by atomic mass is 10.6. The van der Waals surface area contributed by atoms with Gasteiger partial charge in [-0.15, -0.1) is 0 Å². The molecule has 0 saturated carbocycles. The number of primary amides is 1. The molecule has 13 heavy (non-hydrogen) atoms. The Labute approximate surface area is 75.1 Å². The van der Waals surface area contributed by atoms with Gasteiger partial charge in [-0.2, -0.15) is 4.98 Å². The number of anilines is 1. The number of carbonyl (C=O) groups is 1. The van der Waals surface area contributed by atoms with Crippen LogP contribution in [0.25, 0.3) is 0 Å². The molecule has 0 aliphatic carbocycles. The van der Waals surface area contributed by atoms with Crippen LogP contribution in [0.2, 0.25) is 0 Å². The van der Waals surface area contributed by atoms with Crippen LogP contribution in [0.1, 0.15) is 0 Å². The molecular formula is C7H10N4O2. The number of amides is 1. The number of nitrogens with zero attached hydrogens (tertiary/aromatic N) is 2. The number of ether oxygens (including phenoxy) is 1. The zero-order valence-corrected chi connectivity index (χ0v) is 7.15. The maximum absolute atomic E-state index is 10.4. The van der Waals surface area contributed by atoms with Gasteiger partial charge in [0, 0.05) is 12.3 Å². The van der Waals surface area contributed by atoms with Crippen molar-refractivity contribution in [3.8, 4) is 5.88 Å². The number of hydrogen-bond donors (Lipinski definition) is 2. The summed E-state index contributed by atoms with van der Waals surface area (Å²) in [5, 5.41) is 2.64. The fraction of sp³-hybridized carbons (Fsp3) is 0.286. The third-order valence-electron chi connectivity index (χ3n) is 1.26. The molecule has 1 aromatic rings. The Morgan fingerprint density at radius 3 is 3.15 bits per heavy atom. The number of aromatic nitrogens is 2. The second kappa shape index (κ2) is 4.24. The Balaban J connectivity index is 2.61. The Morgan fingerprint density at radius 1 is 1.77 bits per heavy atom. The van der Waals surface area contributed by atoms with Gasteiger partial charge in [0.1, 0.15) is 0 Å². The fourth-order valence-corrected chi connectivity index (χ4v) is 0.707. The average Bonchev–Trinajstić information content (AvgIpc) is 2.15. The van der Waals surface area contributed by atoms with Crippen LogP contribution < -0.4 is 15.8 Å². The standard InChI is InChI=1S/C7H10N4O2/c1-13-6-2-3-9-7(11-6)10-4-5(8)12/h2-3H,4H2,1H3,(H2,8,12)(H,9,10,11). The molecule has 0 aromatic carbocycles. The van der Waals surface area contributed by atoms with Crippen molar-refractivity contribution in [3.05, 3.63) is 12.3 Å². The summed E-state index contributed by atoms with van der Waals surface area (Å²) in [6.45, 7) is 0.00711. The van der Waals surface area contributed by atoms with Crippen molar-refractivity contribution in [1.29, 1.82) is 0 Å². The highest BCUT2D eigenvalue weighted by molar-refractivity contribution is 5.78. The molecule has 0 aliphatic rings. The van der Waals surface area contributed by atoms with Crippen molar-refractivity contribution in [2.24, 2.45) is 5.73 Å². The molecule has 6 nitrogen and oxygen atoms in total. The summed E-state index contributed by atoms with van der Waals surface area (Å²) in [4.78, 5) is 18.2. The maximum atomic E-state index is 10.4. The van der Waals surface area contributed by atoms with Crippen molar-refractivity contribution >= 4 is 11.9 Å². The predicted molar refractivity (Wildman–Crippen MR) is 46.3 cm³/mol. The van der Waals surface area contributed by atoms with Crippen LogP contribution in [-0.2, 0) is 4.79 Å². The number of hydrogen-bond acceptors (Lipinski definition) is 5. The quantitative estimate of drug-likeness (QED) is 0.647. The Bertz CT molecular complexity index is 302. The van der Waals surface area contributed by atoms with Gasteiger partial charge >= 0.3 is 0 Å². The van der Waals surface area contributed by atoms with E-state index >= 15 is 0 Å². The van der Waals surface area contributed by atoms with Crippen molar-refractivity contribution in [1.82, 2.24) is 9.97 Å². The van der Waals surface area contributed by atoms with Gasteiger partial charge in [0.2, 0.25) is 17.7 Å². The number of rotatable bonds is 4. The SMILES string of the molecule is COc1ccnc(NCC(N)=O)n1. The van der Waals surface area contributed by atoms with E-state index in [2.05, 4.69) is 15.3 Å². The first kappa shape index (κ1) is 9.24. The minimum Gasteiger partial charge on any atom is -0.481 e. The molecule has 0 atom stereocenters. The van der Waals surface area contributed by atoms with Gasteiger partial charge < -0.3 is 15.8 Å². The lowest BCUT2D eigenvalue weighted by Crippen LogP contribution is -2.22. The van der Waals surface area contributed by atoms with E-state index in [4.69, 9.17) is 10.5 Å². The molecule has 1 amide bonds. The van der Waals surface area contributed by atoms with E-state index in [-0.39, 0.29) is 6.54 Å². The molecule has 0 aliphatic heterocycles. The van der Waals surface area contributed by atoms with Gasteiger partial charge in [-0.25, -0.2) is 4.98 Å². The molecule has 1 heterocycles. The third-order valence-corrected chi connectivity index (χ3v) is 1.26. The molecule has 0 radical (unpaired) electrons. The summed E-state index contributed by atoms with van der Waals surface area (Å²) in [6.07, 6.45) is 1.52. The van der Waals surface area contributed by atoms with Crippen LogP contribution in [0.15, 0.2) is 12.3 Å². The molecular weight excluding hydrogens is 172 g/mol. The van der Waals surface area contributed by atoms with Crippen molar-refractivity contribution in [2.45, 2.75) is 0 Å². The molecule has 3 N–H and O–H groups in total. The van der Waals surface area contributed by atoms with Crippen LogP contribution in [0.3, 0.4) is 0 Å². The highest BCUT2D eigenvalue weighted by Crippen LogP contribution is 2.06. The maximum Gasteiger partial charge on any atom is 0.236 e. The van der Waals surface area contributed by atoms with E-state index in [0.29, 0.717) is 11.8 Å². The number of nitrogens with one attached hydrogen (secondary N) is 1. The first-order valence-electron chi connectivity index (χ1n) is 3.61. The fourth-order valence-electron chi connectivity index (χ4n) is 0.707. The van der Waals surface area contributed by atoms with E-state index in [1.165, 1.54) is 13.3 Å². The minimum absolute atomic E-state index is 0.00711. The van der Waals surface area contributed by atoms with Gasteiger partial charge in [-0.05, 0) is 0 Å². The first-order chi connectivity index (χ1) is 6.22. The number of methoxy groups -OCH3 is 1. The van der Waals surface area contributed by atoms with Crippen LogP contribution in [0.5, 0.6) is 5.88 Å². The van der Waals surface area contributed by atoms with E-state index in [1.807, 2.05) is 0 Å². The van der Waals surface area contributed by atoms with Crippen molar-refractivity contribution in [2.75, 3.05) is 19.0 Å².